The summed E-state index contributed by atoms with van der Waals surface area (Å²) in [5, 5.41) is 9.37. The fourth-order valence-corrected chi connectivity index (χ4v) is 1.03. The lowest BCUT2D eigenvalue weighted by Crippen LogP contribution is -2.32. The van der Waals surface area contributed by atoms with Gasteiger partial charge in [-0.15, -0.1) is 0 Å². The molecular formula is C11H13FO2. The van der Waals surface area contributed by atoms with Gasteiger partial charge in [0, 0.05) is 6.42 Å². The fraction of sp³-hybridized carbons (Fsp3) is 0.364. The number of hydrogen-bond donors (Lipinski definition) is 1. The van der Waals surface area contributed by atoms with E-state index in [9.17, 15) is 14.3 Å². The summed E-state index contributed by atoms with van der Waals surface area (Å²) in [6.45, 7) is 2.80. The van der Waals surface area contributed by atoms with Gasteiger partial charge in [0.15, 0.2) is 5.78 Å². The fourth-order valence-electron chi connectivity index (χ4n) is 1.03. The van der Waals surface area contributed by atoms with Gasteiger partial charge >= 0.3 is 0 Å². The van der Waals surface area contributed by atoms with Crippen molar-refractivity contribution in [2.75, 3.05) is 0 Å². The topological polar surface area (TPSA) is 37.3 Å². The summed E-state index contributed by atoms with van der Waals surface area (Å²) in [7, 11) is 0. The molecule has 0 aliphatic heterocycles. The smallest absolute Gasteiger partial charge is 0.168 e. The van der Waals surface area contributed by atoms with Crippen LogP contribution < -0.4 is 0 Å². The summed E-state index contributed by atoms with van der Waals surface area (Å²) in [6.07, 6.45) is -0.0732. The zero-order chi connectivity index (χ0) is 10.8. The van der Waals surface area contributed by atoms with E-state index in [0.717, 1.165) is 0 Å². The molecule has 2 nitrogen and oxygen atoms in total. The number of rotatable bonds is 3. The molecule has 0 aliphatic carbocycles. The normalized spacial score (nSPS) is 11.4. The van der Waals surface area contributed by atoms with Crippen molar-refractivity contribution in [2.24, 2.45) is 0 Å². The van der Waals surface area contributed by atoms with Crippen LogP contribution in [0.25, 0.3) is 0 Å². The van der Waals surface area contributed by atoms with Gasteiger partial charge in [0.2, 0.25) is 0 Å². The summed E-state index contributed by atoms with van der Waals surface area (Å²) in [6, 6.07) is 6.06. The van der Waals surface area contributed by atoms with Crippen LogP contribution in [0.2, 0.25) is 0 Å². The number of aliphatic hydroxyl groups is 1. The highest BCUT2D eigenvalue weighted by atomic mass is 19.1. The van der Waals surface area contributed by atoms with Crippen LogP contribution in [0.5, 0.6) is 0 Å². The predicted octanol–water partition coefficient (Wildman–Crippen LogP) is 1.71. The number of Topliss-reactive ketones (excluding diaryl/α,β-unsaturated/α-hetero) is 1. The zero-order valence-electron chi connectivity index (χ0n) is 8.25. The van der Waals surface area contributed by atoms with E-state index in [4.69, 9.17) is 0 Å². The van der Waals surface area contributed by atoms with Crippen molar-refractivity contribution >= 4 is 5.78 Å². The summed E-state index contributed by atoms with van der Waals surface area (Å²) in [5.74, 6) is -0.798. The maximum atomic E-state index is 13.1. The minimum Gasteiger partial charge on any atom is -0.383 e. The highest BCUT2D eigenvalue weighted by Gasteiger charge is 2.24. The Bertz CT molecular complexity index is 339. The largest absolute Gasteiger partial charge is 0.383 e. The van der Waals surface area contributed by atoms with E-state index in [1.807, 2.05) is 0 Å². The first-order chi connectivity index (χ1) is 6.41. The van der Waals surface area contributed by atoms with Gasteiger partial charge in [-0.05, 0) is 25.5 Å². The number of halogens is 1. The van der Waals surface area contributed by atoms with Gasteiger partial charge in [-0.25, -0.2) is 4.39 Å². The van der Waals surface area contributed by atoms with Gasteiger partial charge in [-0.2, -0.15) is 0 Å². The molecule has 0 spiro atoms. The number of ketones is 1. The van der Waals surface area contributed by atoms with Crippen molar-refractivity contribution in [1.82, 2.24) is 0 Å². The molecule has 0 bridgehead atoms. The average Bonchev–Trinajstić information content (AvgIpc) is 2.07. The lowest BCUT2D eigenvalue weighted by molar-refractivity contribution is -0.133. The Kier molecular flexibility index (Phi) is 3.01. The molecule has 0 aliphatic rings. The summed E-state index contributed by atoms with van der Waals surface area (Å²) < 4.78 is 13.1. The molecule has 0 amide bonds. The first-order valence-corrected chi connectivity index (χ1v) is 4.40. The number of carbonyl (C=O) groups is 1. The van der Waals surface area contributed by atoms with Crippen LogP contribution in [0, 0.1) is 5.82 Å². The van der Waals surface area contributed by atoms with E-state index < -0.39 is 11.4 Å². The molecular weight excluding hydrogens is 183 g/mol. The Hall–Kier alpha value is -1.22. The summed E-state index contributed by atoms with van der Waals surface area (Å²) in [5.41, 5.74) is -1.08. The average molecular weight is 196 g/mol. The molecule has 1 N–H and O–H groups in total. The van der Waals surface area contributed by atoms with Gasteiger partial charge < -0.3 is 5.11 Å². The van der Waals surface area contributed by atoms with Crippen LogP contribution >= 0.6 is 0 Å². The van der Waals surface area contributed by atoms with E-state index >= 15 is 0 Å². The molecule has 0 aromatic heterocycles. The molecule has 1 aromatic carbocycles. The molecule has 1 aromatic rings. The van der Waals surface area contributed by atoms with E-state index in [0.29, 0.717) is 5.56 Å². The van der Waals surface area contributed by atoms with Crippen LogP contribution in [0.1, 0.15) is 19.4 Å². The standard InChI is InChI=1S/C11H13FO2/c1-11(2,14)10(13)7-8-5-3-4-6-9(8)12/h3-6,14H,7H2,1-2H3. The summed E-state index contributed by atoms with van der Waals surface area (Å²) in [4.78, 5) is 11.4. The van der Waals surface area contributed by atoms with Crippen LogP contribution in [-0.2, 0) is 11.2 Å². The second kappa shape index (κ2) is 3.88. The third kappa shape index (κ3) is 2.64. The SMILES string of the molecule is CC(C)(O)C(=O)Cc1ccccc1F. The van der Waals surface area contributed by atoms with Gasteiger partial charge in [-0.3, -0.25) is 4.79 Å². The quantitative estimate of drug-likeness (QED) is 0.799. The van der Waals surface area contributed by atoms with E-state index in [-0.39, 0.29) is 12.2 Å². The third-order valence-electron chi connectivity index (χ3n) is 1.99. The number of carbonyl (C=O) groups excluding carboxylic acids is 1. The van der Waals surface area contributed by atoms with Gasteiger partial charge in [-0.1, -0.05) is 18.2 Å². The monoisotopic (exact) mass is 196 g/mol. The molecule has 14 heavy (non-hydrogen) atoms. The van der Waals surface area contributed by atoms with Crippen molar-refractivity contribution in [2.45, 2.75) is 25.9 Å². The van der Waals surface area contributed by atoms with Crippen molar-refractivity contribution in [3.63, 3.8) is 0 Å². The minimum atomic E-state index is -1.40. The van der Waals surface area contributed by atoms with E-state index in [1.165, 1.54) is 19.9 Å². The maximum Gasteiger partial charge on any atom is 0.168 e. The molecule has 0 saturated carbocycles. The van der Waals surface area contributed by atoms with Crippen LogP contribution in [0.15, 0.2) is 24.3 Å². The predicted molar refractivity (Wildman–Crippen MR) is 51.4 cm³/mol. The molecule has 1 rings (SSSR count). The molecule has 0 fully saturated rings. The maximum absolute atomic E-state index is 13.1. The Balaban J connectivity index is 2.80. The van der Waals surface area contributed by atoms with Crippen LogP contribution in [0.3, 0.4) is 0 Å². The Morgan fingerprint density at radius 1 is 1.43 bits per heavy atom. The lowest BCUT2D eigenvalue weighted by Gasteiger charge is -2.15. The molecule has 0 heterocycles. The molecule has 0 unspecified atom stereocenters. The van der Waals surface area contributed by atoms with Crippen molar-refractivity contribution in [1.29, 1.82) is 0 Å². The van der Waals surface area contributed by atoms with E-state index in [1.54, 1.807) is 18.2 Å². The van der Waals surface area contributed by atoms with E-state index in [2.05, 4.69) is 0 Å². The zero-order valence-corrected chi connectivity index (χ0v) is 8.25. The lowest BCUT2D eigenvalue weighted by atomic mass is 9.97. The van der Waals surface area contributed by atoms with Gasteiger partial charge in [0.1, 0.15) is 11.4 Å². The van der Waals surface area contributed by atoms with Crippen LogP contribution in [0.4, 0.5) is 4.39 Å². The Morgan fingerprint density at radius 3 is 2.50 bits per heavy atom. The second-order valence-corrected chi connectivity index (χ2v) is 3.75. The molecule has 0 radical (unpaired) electrons. The van der Waals surface area contributed by atoms with Crippen molar-refractivity contribution < 1.29 is 14.3 Å². The molecule has 0 atom stereocenters. The van der Waals surface area contributed by atoms with Gasteiger partial charge in [0.05, 0.1) is 0 Å². The molecule has 0 saturated heterocycles. The van der Waals surface area contributed by atoms with Crippen LogP contribution in [-0.4, -0.2) is 16.5 Å². The Labute approximate surface area is 82.4 Å². The van der Waals surface area contributed by atoms with Gasteiger partial charge in [0.25, 0.3) is 0 Å². The highest BCUT2D eigenvalue weighted by molar-refractivity contribution is 5.88. The minimum absolute atomic E-state index is 0.0732. The first-order valence-electron chi connectivity index (χ1n) is 4.40. The van der Waals surface area contributed by atoms with Crippen molar-refractivity contribution in [3.05, 3.63) is 35.6 Å². The second-order valence-electron chi connectivity index (χ2n) is 3.75. The number of benzene rings is 1. The highest BCUT2D eigenvalue weighted by Crippen LogP contribution is 2.12. The third-order valence-corrected chi connectivity index (χ3v) is 1.99. The number of hydrogen-bond acceptors (Lipinski definition) is 2. The summed E-state index contributed by atoms with van der Waals surface area (Å²) >= 11 is 0. The molecule has 3 heteroatoms. The Morgan fingerprint density at radius 2 is 2.00 bits per heavy atom. The first kappa shape index (κ1) is 10.9. The molecule has 76 valence electrons. The van der Waals surface area contributed by atoms with Crippen molar-refractivity contribution in [3.8, 4) is 0 Å².